The Labute approximate surface area is 197 Å². The van der Waals surface area contributed by atoms with E-state index in [1.54, 1.807) is 20.5 Å². The number of benzene rings is 2. The Balaban J connectivity index is 1.38. The van der Waals surface area contributed by atoms with E-state index < -0.39 is 0 Å². The Bertz CT molecular complexity index is 1310. The van der Waals surface area contributed by atoms with E-state index in [-0.39, 0.29) is 0 Å². The van der Waals surface area contributed by atoms with Gasteiger partial charge in [0.25, 0.3) is 0 Å². The number of nitrogens with one attached hydrogen (secondary N) is 2. The highest BCUT2D eigenvalue weighted by Crippen LogP contribution is 2.38. The monoisotopic (exact) mass is 462 g/mol. The molecule has 0 radical (unpaired) electrons. The smallest absolute Gasteiger partial charge is 0.173 e. The fourth-order valence-electron chi connectivity index (χ4n) is 4.24. The molecule has 1 aliphatic heterocycles. The first kappa shape index (κ1) is 21.3. The Morgan fingerprint density at radius 3 is 2.39 bits per heavy atom. The third kappa shape index (κ3) is 4.00. The van der Waals surface area contributed by atoms with E-state index in [1.807, 2.05) is 12.1 Å². The molecule has 1 fully saturated rings. The number of ether oxygens (including phenoxy) is 2. The number of hydrogen-bond donors (Lipinski definition) is 2. The number of aromatic nitrogens is 3. The molecule has 2 aromatic heterocycles. The molecule has 1 aliphatic rings. The highest BCUT2D eigenvalue weighted by atomic mass is 32.1. The van der Waals surface area contributed by atoms with Gasteiger partial charge in [0.2, 0.25) is 0 Å². The standard InChI is InChI=1S/C24H26N6O2S/c1-15-4-6-16(7-5-15)27-24(33)30-10-8-29(9-11-30)23-21-17-12-19(31-2)20(32-3)13-18(17)28-22(21)25-14-26-23/h4-7,12-14H,8-11H2,1-3H3,(H,27,33)(H,25,26,28). The van der Waals surface area contributed by atoms with E-state index in [1.165, 1.54) is 5.56 Å². The molecule has 0 unspecified atom stereocenters. The third-order valence-corrected chi connectivity index (χ3v) is 6.40. The van der Waals surface area contributed by atoms with Crippen LogP contribution in [0, 0.1) is 6.92 Å². The molecular formula is C24H26N6O2S. The zero-order valence-corrected chi connectivity index (χ0v) is 19.7. The average molecular weight is 463 g/mol. The van der Waals surface area contributed by atoms with Crippen molar-refractivity contribution in [3.8, 4) is 11.5 Å². The number of hydrogen-bond acceptors (Lipinski definition) is 6. The summed E-state index contributed by atoms with van der Waals surface area (Å²) in [5, 5.41) is 6.09. The number of thiocarbonyl (C=S) groups is 1. The minimum Gasteiger partial charge on any atom is -0.493 e. The molecule has 170 valence electrons. The van der Waals surface area contributed by atoms with Crippen LogP contribution in [0.3, 0.4) is 0 Å². The maximum absolute atomic E-state index is 5.66. The summed E-state index contributed by atoms with van der Waals surface area (Å²) in [7, 11) is 3.28. The molecule has 0 aliphatic carbocycles. The fourth-order valence-corrected chi connectivity index (χ4v) is 4.54. The summed E-state index contributed by atoms with van der Waals surface area (Å²) in [5.74, 6) is 2.27. The lowest BCUT2D eigenvalue weighted by molar-refractivity contribution is 0.356. The molecule has 5 rings (SSSR count). The Kier molecular flexibility index (Phi) is 5.63. The molecule has 2 N–H and O–H groups in total. The van der Waals surface area contributed by atoms with Gasteiger partial charge in [-0.25, -0.2) is 9.97 Å². The number of nitrogens with zero attached hydrogens (tertiary/aromatic N) is 4. The molecule has 0 saturated carbocycles. The number of aryl methyl sites for hydroxylation is 1. The highest BCUT2D eigenvalue weighted by Gasteiger charge is 2.24. The predicted molar refractivity (Wildman–Crippen MR) is 136 cm³/mol. The Morgan fingerprint density at radius 2 is 1.70 bits per heavy atom. The molecule has 1 saturated heterocycles. The van der Waals surface area contributed by atoms with E-state index in [0.717, 1.165) is 64.7 Å². The lowest BCUT2D eigenvalue weighted by atomic mass is 10.1. The number of H-pyrrole nitrogens is 1. The van der Waals surface area contributed by atoms with Gasteiger partial charge in [0.05, 0.1) is 25.1 Å². The van der Waals surface area contributed by atoms with E-state index in [2.05, 4.69) is 61.3 Å². The maximum Gasteiger partial charge on any atom is 0.173 e. The van der Waals surface area contributed by atoms with E-state index in [9.17, 15) is 0 Å². The van der Waals surface area contributed by atoms with Crippen molar-refractivity contribution in [2.24, 2.45) is 0 Å². The lowest BCUT2D eigenvalue weighted by Gasteiger charge is -2.37. The first-order chi connectivity index (χ1) is 16.1. The van der Waals surface area contributed by atoms with Crippen LogP contribution in [0.15, 0.2) is 42.7 Å². The topological polar surface area (TPSA) is 78.5 Å². The van der Waals surface area contributed by atoms with Crippen LogP contribution in [0.5, 0.6) is 11.5 Å². The number of piperazine rings is 1. The van der Waals surface area contributed by atoms with Crippen molar-refractivity contribution in [3.63, 3.8) is 0 Å². The first-order valence-electron chi connectivity index (χ1n) is 10.8. The van der Waals surface area contributed by atoms with Gasteiger partial charge in [-0.05, 0) is 37.3 Å². The van der Waals surface area contributed by atoms with Crippen LogP contribution in [0.2, 0.25) is 0 Å². The number of fused-ring (bicyclic) bond motifs is 3. The maximum atomic E-state index is 5.66. The van der Waals surface area contributed by atoms with Crippen LogP contribution in [0.4, 0.5) is 11.5 Å². The lowest BCUT2D eigenvalue weighted by Crippen LogP contribution is -2.50. The molecule has 9 heteroatoms. The molecule has 8 nitrogen and oxygen atoms in total. The summed E-state index contributed by atoms with van der Waals surface area (Å²) in [6, 6.07) is 12.2. The number of methoxy groups -OCH3 is 2. The van der Waals surface area contributed by atoms with Gasteiger partial charge in [0.1, 0.15) is 17.8 Å². The second-order valence-corrected chi connectivity index (χ2v) is 8.46. The summed E-state index contributed by atoms with van der Waals surface area (Å²) in [6.07, 6.45) is 1.61. The van der Waals surface area contributed by atoms with Gasteiger partial charge in [-0.1, -0.05) is 17.7 Å². The van der Waals surface area contributed by atoms with Gasteiger partial charge in [-0.2, -0.15) is 0 Å². The van der Waals surface area contributed by atoms with Gasteiger partial charge < -0.3 is 29.6 Å². The summed E-state index contributed by atoms with van der Waals surface area (Å²) < 4.78 is 11.0. The molecule has 3 heterocycles. The minimum absolute atomic E-state index is 0.675. The largest absolute Gasteiger partial charge is 0.493 e. The number of rotatable bonds is 4. The zero-order chi connectivity index (χ0) is 22.9. The average Bonchev–Trinajstić information content (AvgIpc) is 3.22. The van der Waals surface area contributed by atoms with E-state index in [0.29, 0.717) is 11.5 Å². The fraction of sp³-hybridized carbons (Fsp3) is 0.292. The molecule has 2 aromatic carbocycles. The third-order valence-electron chi connectivity index (χ3n) is 6.04. The Morgan fingerprint density at radius 1 is 1.00 bits per heavy atom. The molecule has 33 heavy (non-hydrogen) atoms. The van der Waals surface area contributed by atoms with Crippen LogP contribution in [0.1, 0.15) is 5.56 Å². The van der Waals surface area contributed by atoms with Crippen molar-refractivity contribution in [2.45, 2.75) is 6.92 Å². The van der Waals surface area contributed by atoms with Crippen LogP contribution >= 0.6 is 12.2 Å². The molecule has 4 aromatic rings. The Hall–Kier alpha value is -3.59. The normalized spacial score (nSPS) is 14.0. The van der Waals surface area contributed by atoms with E-state index >= 15 is 0 Å². The van der Waals surface area contributed by atoms with Gasteiger partial charge in [0, 0.05) is 43.3 Å². The van der Waals surface area contributed by atoms with Gasteiger partial charge in [0.15, 0.2) is 16.6 Å². The quantitative estimate of drug-likeness (QED) is 0.442. The minimum atomic E-state index is 0.675. The summed E-state index contributed by atoms with van der Waals surface area (Å²) in [6.45, 7) is 5.31. The molecule has 0 spiro atoms. The predicted octanol–water partition coefficient (Wildman–Crippen LogP) is 3.96. The molecule has 0 atom stereocenters. The van der Waals surface area contributed by atoms with Crippen LogP contribution in [0.25, 0.3) is 21.9 Å². The summed E-state index contributed by atoms with van der Waals surface area (Å²) in [5.41, 5.74) is 3.97. The SMILES string of the molecule is COc1cc2[nH]c3ncnc(N4CCN(C(=S)Nc5ccc(C)cc5)CC4)c3c2cc1OC. The van der Waals surface area contributed by atoms with Crippen LogP contribution in [-0.4, -0.2) is 65.4 Å². The van der Waals surface area contributed by atoms with Gasteiger partial charge in [-0.15, -0.1) is 0 Å². The van der Waals surface area contributed by atoms with Crippen molar-refractivity contribution < 1.29 is 9.47 Å². The second-order valence-electron chi connectivity index (χ2n) is 8.07. The van der Waals surface area contributed by atoms with Crippen molar-refractivity contribution in [1.82, 2.24) is 19.9 Å². The summed E-state index contributed by atoms with van der Waals surface area (Å²) in [4.78, 5) is 17.0. The highest BCUT2D eigenvalue weighted by molar-refractivity contribution is 7.80. The number of anilines is 2. The number of aromatic amines is 1. The second kappa shape index (κ2) is 8.74. The summed E-state index contributed by atoms with van der Waals surface area (Å²) >= 11 is 5.66. The zero-order valence-electron chi connectivity index (χ0n) is 18.9. The van der Waals surface area contributed by atoms with Gasteiger partial charge in [-0.3, -0.25) is 0 Å². The van der Waals surface area contributed by atoms with Crippen molar-refractivity contribution in [2.75, 3.05) is 50.6 Å². The molecular weight excluding hydrogens is 436 g/mol. The first-order valence-corrected chi connectivity index (χ1v) is 11.2. The molecule has 0 amide bonds. The van der Waals surface area contributed by atoms with Crippen molar-refractivity contribution in [3.05, 3.63) is 48.3 Å². The van der Waals surface area contributed by atoms with Gasteiger partial charge >= 0.3 is 0 Å². The van der Waals surface area contributed by atoms with Crippen molar-refractivity contribution >= 4 is 50.8 Å². The van der Waals surface area contributed by atoms with Crippen LogP contribution < -0.4 is 19.7 Å². The van der Waals surface area contributed by atoms with E-state index in [4.69, 9.17) is 21.7 Å². The van der Waals surface area contributed by atoms with Crippen molar-refractivity contribution in [1.29, 1.82) is 0 Å². The molecule has 0 bridgehead atoms. The van der Waals surface area contributed by atoms with Crippen LogP contribution in [-0.2, 0) is 0 Å².